The van der Waals surface area contributed by atoms with Crippen molar-refractivity contribution < 1.29 is 18.9 Å². The topological polar surface area (TPSA) is 43.5 Å². The zero-order valence-corrected chi connectivity index (χ0v) is 15.2. The minimum Gasteiger partial charge on any atom is -0.495 e. The first-order valence-electron chi connectivity index (χ1n) is 9.39. The molecule has 4 nitrogen and oxygen atoms in total. The molecule has 0 spiro atoms. The lowest BCUT2D eigenvalue weighted by molar-refractivity contribution is 0.156. The van der Waals surface area contributed by atoms with Crippen molar-refractivity contribution in [1.29, 1.82) is 0 Å². The first-order chi connectivity index (χ1) is 12.1. The van der Waals surface area contributed by atoms with E-state index >= 15 is 0 Å². The second kappa shape index (κ2) is 7.00. The monoisotopic (exact) mass is 344 g/mol. The number of rotatable bonds is 8. The summed E-state index contributed by atoms with van der Waals surface area (Å²) in [6.45, 7) is 7.76. The van der Waals surface area contributed by atoms with Crippen LogP contribution in [0.1, 0.15) is 38.7 Å². The zero-order chi connectivity index (χ0) is 17.3. The summed E-state index contributed by atoms with van der Waals surface area (Å²) in [5, 5.41) is 0. The fourth-order valence-corrected chi connectivity index (χ4v) is 3.53. The molecule has 4 heteroatoms. The van der Waals surface area contributed by atoms with Crippen molar-refractivity contribution in [2.45, 2.75) is 50.7 Å². The molecule has 0 radical (unpaired) electrons. The standard InChI is InChI=1S/C21H28O4/c1-21(2,15-3-7-17(8-4-15)22-11-19-13-24-19)16-5-9-18(10-6-16)23-12-20-14-25-20/h3-4,7-9,16,19-20H,5-6,10-14H2,1-2H3. The Morgan fingerprint density at radius 2 is 1.64 bits per heavy atom. The molecule has 25 heavy (non-hydrogen) atoms. The molecule has 2 fully saturated rings. The molecule has 3 unspecified atom stereocenters. The van der Waals surface area contributed by atoms with Crippen LogP contribution in [0.15, 0.2) is 36.1 Å². The SMILES string of the molecule is CC(C)(c1ccc(OCC2CO2)cc1)C1CC=C(OCC2CO2)CC1. The third-order valence-corrected chi connectivity index (χ3v) is 5.68. The van der Waals surface area contributed by atoms with Crippen molar-refractivity contribution in [2.24, 2.45) is 5.92 Å². The first kappa shape index (κ1) is 16.9. The number of allylic oxidation sites excluding steroid dienone is 2. The van der Waals surface area contributed by atoms with E-state index in [1.54, 1.807) is 0 Å². The quantitative estimate of drug-likeness (QED) is 0.672. The Bertz CT molecular complexity index is 611. The van der Waals surface area contributed by atoms with Gasteiger partial charge < -0.3 is 18.9 Å². The molecule has 1 aliphatic carbocycles. The fraction of sp³-hybridized carbons (Fsp3) is 0.619. The van der Waals surface area contributed by atoms with Crippen LogP contribution in [0.3, 0.4) is 0 Å². The van der Waals surface area contributed by atoms with Crippen molar-refractivity contribution in [3.8, 4) is 5.75 Å². The lowest BCUT2D eigenvalue weighted by atomic mass is 9.68. The molecule has 0 amide bonds. The van der Waals surface area contributed by atoms with Gasteiger partial charge in [0, 0.05) is 6.42 Å². The third kappa shape index (κ3) is 4.36. The number of epoxide rings is 2. The van der Waals surface area contributed by atoms with Crippen LogP contribution in [0.5, 0.6) is 5.75 Å². The molecule has 2 aliphatic heterocycles. The van der Waals surface area contributed by atoms with Crippen LogP contribution in [0.4, 0.5) is 0 Å². The van der Waals surface area contributed by atoms with E-state index in [1.165, 1.54) is 12.0 Å². The summed E-state index contributed by atoms with van der Waals surface area (Å²) in [6, 6.07) is 8.59. The molecule has 0 N–H and O–H groups in total. The van der Waals surface area contributed by atoms with Gasteiger partial charge in [0.25, 0.3) is 0 Å². The summed E-state index contributed by atoms with van der Waals surface area (Å²) in [6.07, 6.45) is 6.19. The van der Waals surface area contributed by atoms with Crippen LogP contribution >= 0.6 is 0 Å². The first-order valence-corrected chi connectivity index (χ1v) is 9.39. The molecule has 2 saturated heterocycles. The molecule has 0 bridgehead atoms. The van der Waals surface area contributed by atoms with Gasteiger partial charge in [-0.15, -0.1) is 0 Å². The third-order valence-electron chi connectivity index (χ3n) is 5.68. The van der Waals surface area contributed by atoms with Gasteiger partial charge in [-0.2, -0.15) is 0 Å². The van der Waals surface area contributed by atoms with Crippen molar-refractivity contribution in [1.82, 2.24) is 0 Å². The minimum absolute atomic E-state index is 0.139. The largest absolute Gasteiger partial charge is 0.495 e. The van der Waals surface area contributed by atoms with Gasteiger partial charge in [-0.1, -0.05) is 26.0 Å². The lowest BCUT2D eigenvalue weighted by Gasteiger charge is -2.37. The molecule has 3 aliphatic rings. The van der Waals surface area contributed by atoms with E-state index in [0.717, 1.165) is 37.6 Å². The Kier molecular flexibility index (Phi) is 4.74. The van der Waals surface area contributed by atoms with Gasteiger partial charge in [-0.3, -0.25) is 0 Å². The van der Waals surface area contributed by atoms with Gasteiger partial charge in [-0.05, 0) is 47.9 Å². The Labute approximate surface area is 150 Å². The molecular weight excluding hydrogens is 316 g/mol. The van der Waals surface area contributed by atoms with Gasteiger partial charge in [0.2, 0.25) is 0 Å². The second-order valence-corrected chi connectivity index (χ2v) is 7.92. The Morgan fingerprint density at radius 3 is 2.20 bits per heavy atom. The maximum atomic E-state index is 5.85. The summed E-state index contributed by atoms with van der Waals surface area (Å²) in [7, 11) is 0. The van der Waals surface area contributed by atoms with Crippen LogP contribution in [-0.2, 0) is 19.6 Å². The van der Waals surface area contributed by atoms with E-state index in [0.29, 0.717) is 31.3 Å². The van der Waals surface area contributed by atoms with E-state index in [-0.39, 0.29) is 5.41 Å². The molecule has 1 aromatic carbocycles. The van der Waals surface area contributed by atoms with E-state index in [1.807, 2.05) is 0 Å². The predicted molar refractivity (Wildman–Crippen MR) is 95.8 cm³/mol. The molecule has 0 saturated carbocycles. The molecule has 0 aromatic heterocycles. The second-order valence-electron chi connectivity index (χ2n) is 7.92. The highest BCUT2D eigenvalue weighted by molar-refractivity contribution is 5.32. The molecule has 2 heterocycles. The maximum absolute atomic E-state index is 5.85. The highest BCUT2D eigenvalue weighted by Crippen LogP contribution is 2.40. The van der Waals surface area contributed by atoms with Crippen molar-refractivity contribution >= 4 is 0 Å². The minimum atomic E-state index is 0.139. The fourth-order valence-electron chi connectivity index (χ4n) is 3.53. The molecule has 136 valence electrons. The molecule has 3 atom stereocenters. The molecule has 4 rings (SSSR count). The number of hydrogen-bond acceptors (Lipinski definition) is 4. The predicted octanol–water partition coefficient (Wildman–Crippen LogP) is 3.84. The number of hydrogen-bond donors (Lipinski definition) is 0. The van der Waals surface area contributed by atoms with Crippen LogP contribution in [-0.4, -0.2) is 38.6 Å². The highest BCUT2D eigenvalue weighted by Gasteiger charge is 2.33. The average molecular weight is 344 g/mol. The van der Waals surface area contributed by atoms with E-state index in [4.69, 9.17) is 18.9 Å². The van der Waals surface area contributed by atoms with Crippen molar-refractivity contribution in [3.05, 3.63) is 41.7 Å². The van der Waals surface area contributed by atoms with Crippen molar-refractivity contribution in [2.75, 3.05) is 26.4 Å². The smallest absolute Gasteiger partial charge is 0.119 e. The number of ether oxygens (including phenoxy) is 4. The van der Waals surface area contributed by atoms with Gasteiger partial charge in [0.15, 0.2) is 0 Å². The van der Waals surface area contributed by atoms with Gasteiger partial charge in [-0.25, -0.2) is 0 Å². The summed E-state index contributed by atoms with van der Waals surface area (Å²) < 4.78 is 22.0. The summed E-state index contributed by atoms with van der Waals surface area (Å²) >= 11 is 0. The normalized spacial score (nSPS) is 28.2. The lowest BCUT2D eigenvalue weighted by Crippen LogP contribution is -2.30. The van der Waals surface area contributed by atoms with Gasteiger partial charge >= 0.3 is 0 Å². The Hall–Kier alpha value is -1.52. The molecule has 1 aromatic rings. The Balaban J connectivity index is 1.33. The van der Waals surface area contributed by atoms with Crippen LogP contribution in [0.2, 0.25) is 0 Å². The van der Waals surface area contributed by atoms with Crippen LogP contribution in [0, 0.1) is 5.92 Å². The van der Waals surface area contributed by atoms with Gasteiger partial charge in [0.1, 0.15) is 31.2 Å². The average Bonchev–Trinajstić information content (AvgIpc) is 3.54. The van der Waals surface area contributed by atoms with Crippen molar-refractivity contribution in [3.63, 3.8) is 0 Å². The van der Waals surface area contributed by atoms with Crippen LogP contribution < -0.4 is 4.74 Å². The number of benzene rings is 1. The van der Waals surface area contributed by atoms with E-state index in [9.17, 15) is 0 Å². The maximum Gasteiger partial charge on any atom is 0.119 e. The Morgan fingerprint density at radius 1 is 1.00 bits per heavy atom. The molecular formula is C21H28O4. The summed E-state index contributed by atoms with van der Waals surface area (Å²) in [5.41, 5.74) is 1.51. The summed E-state index contributed by atoms with van der Waals surface area (Å²) in [5.74, 6) is 2.70. The van der Waals surface area contributed by atoms with E-state index in [2.05, 4.69) is 44.2 Å². The van der Waals surface area contributed by atoms with E-state index < -0.39 is 0 Å². The summed E-state index contributed by atoms with van der Waals surface area (Å²) in [4.78, 5) is 0. The van der Waals surface area contributed by atoms with Gasteiger partial charge in [0.05, 0.1) is 19.0 Å². The highest BCUT2D eigenvalue weighted by atomic mass is 16.6. The van der Waals surface area contributed by atoms with Crippen LogP contribution in [0.25, 0.3) is 0 Å². The zero-order valence-electron chi connectivity index (χ0n) is 15.2.